The quantitative estimate of drug-likeness (QED) is 0.551. The third-order valence-corrected chi connectivity index (χ3v) is 4.33. The molecule has 1 unspecified atom stereocenters. The van der Waals surface area contributed by atoms with Crippen molar-refractivity contribution in [2.45, 2.75) is 12.5 Å². The Morgan fingerprint density at radius 2 is 2.00 bits per heavy atom. The summed E-state index contributed by atoms with van der Waals surface area (Å²) in [6.45, 7) is 0. The number of hydrazine groups is 1. The van der Waals surface area contributed by atoms with E-state index < -0.39 is 0 Å². The highest BCUT2D eigenvalue weighted by Crippen LogP contribution is 2.29. The van der Waals surface area contributed by atoms with Crippen molar-refractivity contribution in [2.24, 2.45) is 5.84 Å². The monoisotopic (exact) mass is 348 g/mol. The van der Waals surface area contributed by atoms with E-state index in [4.69, 9.17) is 10.3 Å². The molecule has 5 heteroatoms. The van der Waals surface area contributed by atoms with E-state index in [-0.39, 0.29) is 11.9 Å². The fraction of sp³-hybridized carbons (Fsp3) is 0.125. The Morgan fingerprint density at radius 1 is 1.19 bits per heavy atom. The molecule has 0 amide bonds. The lowest BCUT2D eigenvalue weighted by molar-refractivity contribution is 0.433. The Kier molecular flexibility index (Phi) is 4.05. The van der Waals surface area contributed by atoms with Crippen LogP contribution in [0.15, 0.2) is 57.4 Å². The predicted molar refractivity (Wildman–Crippen MR) is 84.1 cm³/mol. The van der Waals surface area contributed by atoms with Crippen molar-refractivity contribution in [1.29, 1.82) is 0 Å². The average Bonchev–Trinajstić information content (AvgIpc) is 2.92. The summed E-state index contributed by atoms with van der Waals surface area (Å²) in [7, 11) is 0. The molecule has 0 spiro atoms. The first-order chi connectivity index (χ1) is 10.2. The second kappa shape index (κ2) is 5.97. The second-order valence-corrected chi connectivity index (χ2v) is 5.62. The Balaban J connectivity index is 1.93. The summed E-state index contributed by atoms with van der Waals surface area (Å²) in [5.41, 5.74) is 4.38. The summed E-state index contributed by atoms with van der Waals surface area (Å²) in [4.78, 5) is 0. The van der Waals surface area contributed by atoms with Crippen molar-refractivity contribution >= 4 is 26.9 Å². The van der Waals surface area contributed by atoms with Gasteiger partial charge in [-0.05, 0) is 46.1 Å². The minimum atomic E-state index is -0.284. The highest BCUT2D eigenvalue weighted by molar-refractivity contribution is 9.10. The fourth-order valence-electron chi connectivity index (χ4n) is 2.34. The lowest BCUT2D eigenvalue weighted by Crippen LogP contribution is -2.29. The normalized spacial score (nSPS) is 12.7. The molecule has 108 valence electrons. The van der Waals surface area contributed by atoms with Crippen LogP contribution in [0.1, 0.15) is 17.4 Å². The molecule has 0 aliphatic carbocycles. The van der Waals surface area contributed by atoms with E-state index in [0.717, 1.165) is 22.3 Å². The van der Waals surface area contributed by atoms with E-state index in [1.165, 1.54) is 6.07 Å². The molecule has 0 fully saturated rings. The number of benzene rings is 2. The van der Waals surface area contributed by atoms with Gasteiger partial charge in [0.15, 0.2) is 0 Å². The molecule has 0 saturated carbocycles. The number of para-hydroxylation sites is 1. The van der Waals surface area contributed by atoms with Crippen LogP contribution < -0.4 is 11.3 Å². The van der Waals surface area contributed by atoms with Gasteiger partial charge in [0.1, 0.15) is 17.2 Å². The predicted octanol–water partition coefficient (Wildman–Crippen LogP) is 4.08. The zero-order valence-electron chi connectivity index (χ0n) is 11.1. The zero-order chi connectivity index (χ0) is 14.8. The highest BCUT2D eigenvalue weighted by atomic mass is 79.9. The molecule has 3 aromatic rings. The number of hydrogen-bond donors (Lipinski definition) is 2. The van der Waals surface area contributed by atoms with Crippen molar-refractivity contribution in [1.82, 2.24) is 5.43 Å². The number of nitrogens with one attached hydrogen (secondary N) is 1. The first kappa shape index (κ1) is 14.3. The van der Waals surface area contributed by atoms with E-state index in [1.807, 2.05) is 36.4 Å². The molecule has 0 saturated heterocycles. The summed E-state index contributed by atoms with van der Waals surface area (Å²) in [5, 5.41) is 1.02. The molecular weight excluding hydrogens is 335 g/mol. The molecule has 3 rings (SSSR count). The van der Waals surface area contributed by atoms with Gasteiger partial charge in [-0.2, -0.15) is 0 Å². The summed E-state index contributed by atoms with van der Waals surface area (Å²) in [5.74, 6) is 6.09. The maximum Gasteiger partial charge on any atom is 0.137 e. The van der Waals surface area contributed by atoms with Gasteiger partial charge in [-0.1, -0.05) is 30.3 Å². The number of nitrogens with two attached hydrogens (primary N) is 1. The maximum atomic E-state index is 13.6. The van der Waals surface area contributed by atoms with Crippen molar-refractivity contribution in [2.75, 3.05) is 0 Å². The molecular formula is C16H14BrFN2O. The fourth-order valence-corrected chi connectivity index (χ4v) is 2.77. The second-order valence-electron chi connectivity index (χ2n) is 4.82. The zero-order valence-corrected chi connectivity index (χ0v) is 12.7. The number of halogens is 2. The van der Waals surface area contributed by atoms with Crippen molar-refractivity contribution in [3.8, 4) is 0 Å². The molecule has 0 radical (unpaired) electrons. The molecule has 21 heavy (non-hydrogen) atoms. The van der Waals surface area contributed by atoms with Gasteiger partial charge < -0.3 is 4.42 Å². The molecule has 1 atom stereocenters. The smallest absolute Gasteiger partial charge is 0.137 e. The first-order valence-corrected chi connectivity index (χ1v) is 7.36. The summed E-state index contributed by atoms with van der Waals surface area (Å²) in [6, 6.07) is 14.4. The van der Waals surface area contributed by atoms with Gasteiger partial charge in [0.05, 0.1) is 10.5 Å². The van der Waals surface area contributed by atoms with Crippen LogP contribution in [0.4, 0.5) is 4.39 Å². The SMILES string of the molecule is NNC(Cc1cccc(F)c1Br)c1cc2ccccc2o1. The average molecular weight is 349 g/mol. The maximum absolute atomic E-state index is 13.6. The molecule has 1 heterocycles. The van der Waals surface area contributed by atoms with Crippen LogP contribution in [0.2, 0.25) is 0 Å². The number of furan rings is 1. The summed E-state index contributed by atoms with van der Waals surface area (Å²) < 4.78 is 19.9. The molecule has 0 bridgehead atoms. The lowest BCUT2D eigenvalue weighted by Gasteiger charge is -2.14. The van der Waals surface area contributed by atoms with E-state index in [0.29, 0.717) is 10.9 Å². The third kappa shape index (κ3) is 2.85. The summed E-state index contributed by atoms with van der Waals surface area (Å²) in [6.07, 6.45) is 0.522. The number of fused-ring (bicyclic) bond motifs is 1. The first-order valence-electron chi connectivity index (χ1n) is 6.56. The Hall–Kier alpha value is -1.69. The van der Waals surface area contributed by atoms with Crippen LogP contribution in [0, 0.1) is 5.82 Å². The van der Waals surface area contributed by atoms with Crippen molar-refractivity contribution in [3.63, 3.8) is 0 Å². The van der Waals surface area contributed by atoms with Gasteiger partial charge in [0.25, 0.3) is 0 Å². The van der Waals surface area contributed by atoms with Crippen LogP contribution in [-0.2, 0) is 6.42 Å². The molecule has 0 aliphatic rings. The number of rotatable bonds is 4. The largest absolute Gasteiger partial charge is 0.459 e. The van der Waals surface area contributed by atoms with Gasteiger partial charge in [0.2, 0.25) is 0 Å². The van der Waals surface area contributed by atoms with E-state index >= 15 is 0 Å². The number of hydrogen-bond acceptors (Lipinski definition) is 3. The van der Waals surface area contributed by atoms with Gasteiger partial charge in [-0.25, -0.2) is 9.82 Å². The van der Waals surface area contributed by atoms with Gasteiger partial charge in [-0.3, -0.25) is 5.84 Å². The third-order valence-electron chi connectivity index (χ3n) is 3.44. The van der Waals surface area contributed by atoms with Crippen LogP contribution in [0.5, 0.6) is 0 Å². The van der Waals surface area contributed by atoms with Gasteiger partial charge >= 0.3 is 0 Å². The van der Waals surface area contributed by atoms with Crippen molar-refractivity contribution < 1.29 is 8.81 Å². The minimum absolute atomic E-state index is 0.226. The lowest BCUT2D eigenvalue weighted by atomic mass is 10.0. The van der Waals surface area contributed by atoms with Crippen LogP contribution in [0.25, 0.3) is 11.0 Å². The Morgan fingerprint density at radius 3 is 2.76 bits per heavy atom. The van der Waals surface area contributed by atoms with Gasteiger partial charge in [-0.15, -0.1) is 0 Å². The highest BCUT2D eigenvalue weighted by Gasteiger charge is 2.17. The van der Waals surface area contributed by atoms with E-state index in [2.05, 4.69) is 21.4 Å². The topological polar surface area (TPSA) is 51.2 Å². The Labute approximate surface area is 130 Å². The van der Waals surface area contributed by atoms with Crippen LogP contribution in [0.3, 0.4) is 0 Å². The molecule has 3 N–H and O–H groups in total. The standard InChI is InChI=1S/C16H14BrFN2O/c17-16-11(5-3-6-12(16)18)8-13(20-19)15-9-10-4-1-2-7-14(10)21-15/h1-7,9,13,20H,8,19H2. The van der Waals surface area contributed by atoms with Crippen LogP contribution in [-0.4, -0.2) is 0 Å². The minimum Gasteiger partial charge on any atom is -0.459 e. The van der Waals surface area contributed by atoms with E-state index in [9.17, 15) is 4.39 Å². The van der Waals surface area contributed by atoms with Crippen LogP contribution >= 0.6 is 15.9 Å². The molecule has 3 nitrogen and oxygen atoms in total. The molecule has 0 aliphatic heterocycles. The van der Waals surface area contributed by atoms with Gasteiger partial charge in [0, 0.05) is 5.39 Å². The Bertz CT molecular complexity index is 739. The van der Waals surface area contributed by atoms with Crippen molar-refractivity contribution in [3.05, 3.63) is 70.1 Å². The molecule has 1 aromatic heterocycles. The molecule has 2 aromatic carbocycles. The van der Waals surface area contributed by atoms with E-state index in [1.54, 1.807) is 6.07 Å². The summed E-state index contributed by atoms with van der Waals surface area (Å²) >= 11 is 3.27.